The fourth-order valence-corrected chi connectivity index (χ4v) is 1.90. The molecule has 1 unspecified atom stereocenters. The minimum Gasteiger partial charge on any atom is -0.508 e. The van der Waals surface area contributed by atoms with Gasteiger partial charge in [-0.3, -0.25) is 0 Å². The lowest BCUT2D eigenvalue weighted by atomic mass is 10.0. The number of fused-ring (bicyclic) bond motifs is 1. The monoisotopic (exact) mass is 232 g/mol. The summed E-state index contributed by atoms with van der Waals surface area (Å²) in [5, 5.41) is 21.5. The molecule has 17 heavy (non-hydrogen) atoms. The predicted molar refractivity (Wildman–Crippen MR) is 67.4 cm³/mol. The molecule has 0 aliphatic carbocycles. The average Bonchev–Trinajstić information content (AvgIpc) is 2.36. The van der Waals surface area contributed by atoms with E-state index in [9.17, 15) is 10.2 Å². The highest BCUT2D eigenvalue weighted by atomic mass is 16.5. The van der Waals surface area contributed by atoms with Crippen LogP contribution in [0.4, 0.5) is 0 Å². The SMILES string of the molecule is CCC(O)c1cc2cc(OC)ccc2cc1O. The molecular weight excluding hydrogens is 216 g/mol. The minimum absolute atomic E-state index is 0.136. The third kappa shape index (κ3) is 2.19. The van der Waals surface area contributed by atoms with E-state index in [1.807, 2.05) is 25.1 Å². The Bertz CT molecular complexity index is 534. The summed E-state index contributed by atoms with van der Waals surface area (Å²) in [6.07, 6.45) is -0.0612. The van der Waals surface area contributed by atoms with Gasteiger partial charge in [-0.1, -0.05) is 13.0 Å². The molecule has 2 N–H and O–H groups in total. The molecule has 3 heteroatoms. The molecule has 0 saturated carbocycles. The average molecular weight is 232 g/mol. The molecule has 0 bridgehead atoms. The van der Waals surface area contributed by atoms with Gasteiger partial charge >= 0.3 is 0 Å². The van der Waals surface area contributed by atoms with E-state index in [0.717, 1.165) is 16.5 Å². The first-order valence-electron chi connectivity index (χ1n) is 5.64. The van der Waals surface area contributed by atoms with Crippen molar-refractivity contribution in [3.63, 3.8) is 0 Å². The number of phenolic OH excluding ortho intramolecular Hbond substituents is 1. The maximum atomic E-state index is 9.85. The molecule has 0 amide bonds. The molecule has 2 rings (SSSR count). The van der Waals surface area contributed by atoms with Crippen LogP contribution in [0.3, 0.4) is 0 Å². The summed E-state index contributed by atoms with van der Waals surface area (Å²) >= 11 is 0. The zero-order valence-electron chi connectivity index (χ0n) is 9.97. The Labute approximate surface area is 100 Å². The smallest absolute Gasteiger partial charge is 0.122 e. The molecule has 0 radical (unpaired) electrons. The van der Waals surface area contributed by atoms with Gasteiger partial charge < -0.3 is 14.9 Å². The van der Waals surface area contributed by atoms with E-state index < -0.39 is 6.10 Å². The quantitative estimate of drug-likeness (QED) is 0.855. The van der Waals surface area contributed by atoms with Crippen LogP contribution in [0.15, 0.2) is 30.3 Å². The Morgan fingerprint density at radius 2 is 1.94 bits per heavy atom. The van der Waals surface area contributed by atoms with E-state index in [0.29, 0.717) is 12.0 Å². The third-order valence-electron chi connectivity index (χ3n) is 2.94. The van der Waals surface area contributed by atoms with E-state index in [1.165, 1.54) is 0 Å². The van der Waals surface area contributed by atoms with Gasteiger partial charge in [0.25, 0.3) is 0 Å². The molecule has 0 aliphatic rings. The Morgan fingerprint density at radius 1 is 1.18 bits per heavy atom. The molecule has 0 aromatic heterocycles. The number of ether oxygens (including phenoxy) is 1. The summed E-state index contributed by atoms with van der Waals surface area (Å²) < 4.78 is 5.15. The van der Waals surface area contributed by atoms with E-state index >= 15 is 0 Å². The standard InChI is InChI=1S/C14H16O3/c1-3-13(15)12-7-10-6-11(17-2)5-4-9(10)8-14(12)16/h4-8,13,15-16H,3H2,1-2H3. The van der Waals surface area contributed by atoms with Gasteiger partial charge in [0.1, 0.15) is 11.5 Å². The highest BCUT2D eigenvalue weighted by Gasteiger charge is 2.11. The van der Waals surface area contributed by atoms with Crippen LogP contribution in [0.1, 0.15) is 25.0 Å². The molecule has 0 spiro atoms. The zero-order valence-corrected chi connectivity index (χ0v) is 9.97. The zero-order chi connectivity index (χ0) is 12.4. The third-order valence-corrected chi connectivity index (χ3v) is 2.94. The number of benzene rings is 2. The van der Waals surface area contributed by atoms with Crippen molar-refractivity contribution in [3.8, 4) is 11.5 Å². The number of hydrogen-bond acceptors (Lipinski definition) is 3. The van der Waals surface area contributed by atoms with E-state index in [-0.39, 0.29) is 5.75 Å². The minimum atomic E-state index is -0.634. The van der Waals surface area contributed by atoms with Crippen LogP contribution in [0.2, 0.25) is 0 Å². The second-order valence-electron chi connectivity index (χ2n) is 4.05. The molecule has 0 fully saturated rings. The van der Waals surface area contributed by atoms with Crippen molar-refractivity contribution in [1.29, 1.82) is 0 Å². The molecular formula is C14H16O3. The van der Waals surface area contributed by atoms with Gasteiger partial charge in [0.15, 0.2) is 0 Å². The maximum absolute atomic E-state index is 9.85. The Hall–Kier alpha value is -1.74. The summed E-state index contributed by atoms with van der Waals surface area (Å²) in [6, 6.07) is 9.10. The van der Waals surface area contributed by atoms with Crippen molar-refractivity contribution in [2.45, 2.75) is 19.4 Å². The summed E-state index contributed by atoms with van der Waals surface area (Å²) in [6.45, 7) is 1.87. The van der Waals surface area contributed by atoms with Gasteiger partial charge in [0.05, 0.1) is 13.2 Å². The number of aromatic hydroxyl groups is 1. The number of phenols is 1. The van der Waals surface area contributed by atoms with Crippen molar-refractivity contribution in [3.05, 3.63) is 35.9 Å². The van der Waals surface area contributed by atoms with Crippen molar-refractivity contribution >= 4 is 10.8 Å². The topological polar surface area (TPSA) is 49.7 Å². The number of aliphatic hydroxyl groups excluding tert-OH is 1. The van der Waals surface area contributed by atoms with Crippen LogP contribution in [-0.4, -0.2) is 17.3 Å². The lowest BCUT2D eigenvalue weighted by molar-refractivity contribution is 0.170. The summed E-state index contributed by atoms with van der Waals surface area (Å²) in [4.78, 5) is 0. The normalized spacial score (nSPS) is 12.6. The molecule has 90 valence electrons. The number of methoxy groups -OCH3 is 1. The summed E-state index contributed by atoms with van der Waals surface area (Å²) in [5.41, 5.74) is 0.563. The molecule has 0 aliphatic heterocycles. The number of rotatable bonds is 3. The molecule has 0 heterocycles. The highest BCUT2D eigenvalue weighted by Crippen LogP contribution is 2.32. The largest absolute Gasteiger partial charge is 0.508 e. The van der Waals surface area contributed by atoms with Gasteiger partial charge in [-0.15, -0.1) is 0 Å². The predicted octanol–water partition coefficient (Wildman–Crippen LogP) is 3.00. The second kappa shape index (κ2) is 4.63. The van der Waals surface area contributed by atoms with E-state index in [2.05, 4.69) is 0 Å². The Balaban J connectivity index is 2.60. The molecule has 2 aromatic rings. The van der Waals surface area contributed by atoms with Crippen LogP contribution in [0.25, 0.3) is 10.8 Å². The van der Waals surface area contributed by atoms with Gasteiger partial charge in [-0.2, -0.15) is 0 Å². The first-order chi connectivity index (χ1) is 8.15. The Morgan fingerprint density at radius 3 is 2.59 bits per heavy atom. The lowest BCUT2D eigenvalue weighted by Crippen LogP contribution is -1.95. The van der Waals surface area contributed by atoms with Gasteiger partial charge in [-0.25, -0.2) is 0 Å². The maximum Gasteiger partial charge on any atom is 0.122 e. The lowest BCUT2D eigenvalue weighted by Gasteiger charge is -2.12. The molecule has 3 nitrogen and oxygen atoms in total. The summed E-state index contributed by atoms with van der Waals surface area (Å²) in [7, 11) is 1.61. The van der Waals surface area contributed by atoms with Crippen molar-refractivity contribution in [2.75, 3.05) is 7.11 Å². The van der Waals surface area contributed by atoms with Crippen LogP contribution in [0, 0.1) is 0 Å². The fraction of sp³-hybridized carbons (Fsp3) is 0.286. The van der Waals surface area contributed by atoms with E-state index in [4.69, 9.17) is 4.74 Å². The highest BCUT2D eigenvalue weighted by molar-refractivity contribution is 5.86. The molecule has 1 atom stereocenters. The number of aliphatic hydroxyl groups is 1. The van der Waals surface area contributed by atoms with Crippen LogP contribution in [0.5, 0.6) is 11.5 Å². The first-order valence-corrected chi connectivity index (χ1v) is 5.64. The molecule has 0 saturated heterocycles. The van der Waals surface area contributed by atoms with Crippen LogP contribution < -0.4 is 4.74 Å². The fourth-order valence-electron chi connectivity index (χ4n) is 1.90. The first kappa shape index (κ1) is 11.7. The van der Waals surface area contributed by atoms with Crippen LogP contribution >= 0.6 is 0 Å². The molecule has 2 aromatic carbocycles. The van der Waals surface area contributed by atoms with Crippen molar-refractivity contribution in [2.24, 2.45) is 0 Å². The summed E-state index contributed by atoms with van der Waals surface area (Å²) in [5.74, 6) is 0.900. The van der Waals surface area contributed by atoms with Gasteiger partial charge in [0.2, 0.25) is 0 Å². The van der Waals surface area contributed by atoms with Gasteiger partial charge in [0, 0.05) is 5.56 Å². The number of hydrogen-bond donors (Lipinski definition) is 2. The van der Waals surface area contributed by atoms with Crippen molar-refractivity contribution < 1.29 is 14.9 Å². The van der Waals surface area contributed by atoms with Crippen LogP contribution in [-0.2, 0) is 0 Å². The van der Waals surface area contributed by atoms with Gasteiger partial charge in [-0.05, 0) is 41.5 Å². The second-order valence-corrected chi connectivity index (χ2v) is 4.05. The van der Waals surface area contributed by atoms with Crippen molar-refractivity contribution in [1.82, 2.24) is 0 Å². The van der Waals surface area contributed by atoms with E-state index in [1.54, 1.807) is 19.2 Å². The Kier molecular flexibility index (Phi) is 3.20.